The van der Waals surface area contributed by atoms with Crippen molar-refractivity contribution >= 4 is 11.6 Å². The van der Waals surface area contributed by atoms with Crippen LogP contribution in [0.25, 0.3) is 0 Å². The van der Waals surface area contributed by atoms with Crippen molar-refractivity contribution in [1.29, 1.82) is 0 Å². The Morgan fingerprint density at radius 1 is 1.05 bits per heavy atom. The van der Waals surface area contributed by atoms with Gasteiger partial charge in [0.2, 0.25) is 0 Å². The van der Waals surface area contributed by atoms with Gasteiger partial charge in [-0.2, -0.15) is 0 Å². The van der Waals surface area contributed by atoms with Crippen molar-refractivity contribution in [1.82, 2.24) is 5.32 Å². The zero-order valence-corrected chi connectivity index (χ0v) is 12.8. The van der Waals surface area contributed by atoms with Gasteiger partial charge in [-0.15, -0.1) is 0 Å². The number of hydrogen-bond acceptors (Lipinski definition) is 3. The molecule has 0 bridgehead atoms. The molecule has 0 aliphatic carbocycles. The summed E-state index contributed by atoms with van der Waals surface area (Å²) < 4.78 is 5.37. The van der Waals surface area contributed by atoms with E-state index < -0.39 is 0 Å². The number of phenols is 1. The molecule has 3 nitrogen and oxygen atoms in total. The van der Waals surface area contributed by atoms with Crippen molar-refractivity contribution in [2.24, 2.45) is 0 Å². The van der Waals surface area contributed by atoms with Crippen LogP contribution in [-0.4, -0.2) is 24.9 Å². The Labute approximate surface area is 130 Å². The van der Waals surface area contributed by atoms with Crippen LogP contribution in [0.3, 0.4) is 0 Å². The highest BCUT2D eigenvalue weighted by Crippen LogP contribution is 2.24. The first-order valence-corrected chi connectivity index (χ1v) is 7.44. The van der Waals surface area contributed by atoms with E-state index in [4.69, 9.17) is 16.3 Å². The number of halogens is 1. The zero-order chi connectivity index (χ0) is 15.1. The van der Waals surface area contributed by atoms with Crippen LogP contribution < -0.4 is 5.32 Å². The van der Waals surface area contributed by atoms with E-state index in [1.54, 1.807) is 12.1 Å². The molecule has 2 rings (SSSR count). The summed E-state index contributed by atoms with van der Waals surface area (Å²) >= 11 is 5.96. The van der Waals surface area contributed by atoms with Gasteiger partial charge < -0.3 is 15.2 Å². The molecule has 0 heterocycles. The van der Waals surface area contributed by atoms with Crippen molar-refractivity contribution in [3.8, 4) is 5.75 Å². The fourth-order valence-corrected chi connectivity index (χ4v) is 2.30. The molecule has 2 aromatic rings. The Morgan fingerprint density at radius 2 is 1.62 bits per heavy atom. The van der Waals surface area contributed by atoms with Crippen LogP contribution >= 0.6 is 11.6 Å². The maximum absolute atomic E-state index is 9.43. The molecular weight excluding hydrogens is 286 g/mol. The second-order valence-corrected chi connectivity index (χ2v) is 5.16. The van der Waals surface area contributed by atoms with Crippen molar-refractivity contribution in [3.05, 3.63) is 64.7 Å². The third-order valence-electron chi connectivity index (χ3n) is 3.23. The van der Waals surface area contributed by atoms with Gasteiger partial charge in [-0.05, 0) is 42.3 Å². The van der Waals surface area contributed by atoms with E-state index >= 15 is 0 Å². The molecule has 0 aromatic heterocycles. The Bertz CT molecular complexity index is 494. The summed E-state index contributed by atoms with van der Waals surface area (Å²) in [4.78, 5) is 0. The van der Waals surface area contributed by atoms with E-state index in [2.05, 4.69) is 5.32 Å². The molecule has 1 unspecified atom stereocenters. The highest BCUT2D eigenvalue weighted by Gasteiger charge is 2.13. The van der Waals surface area contributed by atoms with E-state index in [0.29, 0.717) is 13.2 Å². The minimum absolute atomic E-state index is 0.0447. The average molecular weight is 306 g/mol. The molecular formula is C17H20ClNO2. The molecule has 0 saturated carbocycles. The summed E-state index contributed by atoms with van der Waals surface area (Å²) in [6, 6.07) is 15.1. The second-order valence-electron chi connectivity index (χ2n) is 4.73. The Kier molecular flexibility index (Phi) is 6.05. The Morgan fingerprint density at radius 3 is 2.19 bits per heavy atom. The molecule has 0 aliphatic rings. The third kappa shape index (κ3) is 4.74. The van der Waals surface area contributed by atoms with Crippen molar-refractivity contribution in [2.45, 2.75) is 13.0 Å². The van der Waals surface area contributed by atoms with E-state index in [-0.39, 0.29) is 11.8 Å². The first-order valence-electron chi connectivity index (χ1n) is 7.06. The number of rotatable bonds is 7. The topological polar surface area (TPSA) is 41.5 Å². The SMILES string of the molecule is CCOCCNC(c1ccc(O)cc1)c1ccc(Cl)cc1. The van der Waals surface area contributed by atoms with E-state index in [0.717, 1.165) is 22.7 Å². The summed E-state index contributed by atoms with van der Waals surface area (Å²) in [6.07, 6.45) is 0. The molecule has 0 saturated heterocycles. The minimum Gasteiger partial charge on any atom is -0.508 e. The van der Waals surface area contributed by atoms with Crippen LogP contribution in [0.15, 0.2) is 48.5 Å². The fraction of sp³-hybridized carbons (Fsp3) is 0.294. The van der Waals surface area contributed by atoms with Gasteiger partial charge in [0, 0.05) is 18.2 Å². The number of ether oxygens (including phenoxy) is 1. The summed E-state index contributed by atoms with van der Waals surface area (Å²) in [5.41, 5.74) is 2.22. The van der Waals surface area contributed by atoms with E-state index in [1.165, 1.54) is 0 Å². The van der Waals surface area contributed by atoms with Gasteiger partial charge >= 0.3 is 0 Å². The van der Waals surface area contributed by atoms with Gasteiger partial charge in [0.15, 0.2) is 0 Å². The molecule has 0 aliphatic heterocycles. The smallest absolute Gasteiger partial charge is 0.115 e. The van der Waals surface area contributed by atoms with Crippen LogP contribution in [0.4, 0.5) is 0 Å². The molecule has 0 amide bonds. The minimum atomic E-state index is 0.0447. The molecule has 0 spiro atoms. The summed E-state index contributed by atoms with van der Waals surface area (Å²) in [6.45, 7) is 4.11. The van der Waals surface area contributed by atoms with E-state index in [9.17, 15) is 5.11 Å². The molecule has 0 fully saturated rings. The number of nitrogens with one attached hydrogen (secondary N) is 1. The van der Waals surface area contributed by atoms with Gasteiger partial charge in [-0.1, -0.05) is 35.9 Å². The predicted molar refractivity (Wildman–Crippen MR) is 85.9 cm³/mol. The summed E-state index contributed by atoms with van der Waals surface area (Å²) in [7, 11) is 0. The molecule has 1 atom stereocenters. The first kappa shape index (κ1) is 15.8. The number of benzene rings is 2. The fourth-order valence-electron chi connectivity index (χ4n) is 2.17. The van der Waals surface area contributed by atoms with Gasteiger partial charge in [0.05, 0.1) is 12.6 Å². The van der Waals surface area contributed by atoms with Gasteiger partial charge in [0.25, 0.3) is 0 Å². The van der Waals surface area contributed by atoms with Crippen LogP contribution in [0.2, 0.25) is 5.02 Å². The van der Waals surface area contributed by atoms with Gasteiger partial charge in [-0.25, -0.2) is 0 Å². The lowest BCUT2D eigenvalue weighted by Crippen LogP contribution is -2.26. The molecule has 0 radical (unpaired) electrons. The first-order chi connectivity index (χ1) is 10.2. The quantitative estimate of drug-likeness (QED) is 0.765. The normalized spacial score (nSPS) is 12.3. The number of hydrogen-bond donors (Lipinski definition) is 2. The molecule has 21 heavy (non-hydrogen) atoms. The van der Waals surface area contributed by atoms with Crippen molar-refractivity contribution in [2.75, 3.05) is 19.8 Å². The largest absolute Gasteiger partial charge is 0.508 e. The Hall–Kier alpha value is -1.55. The second kappa shape index (κ2) is 8.03. The van der Waals surface area contributed by atoms with Gasteiger partial charge in [-0.3, -0.25) is 0 Å². The van der Waals surface area contributed by atoms with Crippen LogP contribution in [0.1, 0.15) is 24.1 Å². The predicted octanol–water partition coefficient (Wildman–Crippen LogP) is 3.76. The molecule has 2 N–H and O–H groups in total. The maximum Gasteiger partial charge on any atom is 0.115 e. The average Bonchev–Trinajstić information content (AvgIpc) is 2.50. The Balaban J connectivity index is 2.17. The van der Waals surface area contributed by atoms with Crippen LogP contribution in [-0.2, 0) is 4.74 Å². The standard InChI is InChI=1S/C17H20ClNO2/c1-2-21-12-11-19-17(13-3-7-15(18)8-4-13)14-5-9-16(20)10-6-14/h3-10,17,19-20H,2,11-12H2,1H3. The van der Waals surface area contributed by atoms with Crippen LogP contribution in [0.5, 0.6) is 5.75 Å². The molecule has 2 aromatic carbocycles. The summed E-state index contributed by atoms with van der Waals surface area (Å²) in [5.74, 6) is 0.267. The highest BCUT2D eigenvalue weighted by molar-refractivity contribution is 6.30. The molecule has 4 heteroatoms. The van der Waals surface area contributed by atoms with Crippen molar-refractivity contribution in [3.63, 3.8) is 0 Å². The zero-order valence-electron chi connectivity index (χ0n) is 12.1. The maximum atomic E-state index is 9.43. The number of phenolic OH excluding ortho intramolecular Hbond substituents is 1. The lowest BCUT2D eigenvalue weighted by atomic mass is 9.98. The highest BCUT2D eigenvalue weighted by atomic mass is 35.5. The summed E-state index contributed by atoms with van der Waals surface area (Å²) in [5, 5.41) is 13.6. The van der Waals surface area contributed by atoms with Crippen molar-refractivity contribution < 1.29 is 9.84 Å². The van der Waals surface area contributed by atoms with Gasteiger partial charge in [0.1, 0.15) is 5.75 Å². The third-order valence-corrected chi connectivity index (χ3v) is 3.48. The number of aromatic hydroxyl groups is 1. The molecule has 112 valence electrons. The lowest BCUT2D eigenvalue weighted by molar-refractivity contribution is 0.148. The van der Waals surface area contributed by atoms with Crippen LogP contribution in [0, 0.1) is 0 Å². The monoisotopic (exact) mass is 305 g/mol. The lowest BCUT2D eigenvalue weighted by Gasteiger charge is -2.20. The van der Waals surface area contributed by atoms with E-state index in [1.807, 2.05) is 43.3 Å².